The first-order valence-electron chi connectivity index (χ1n) is 21.0. The number of carboxylic acid groups (broad SMARTS) is 8. The third-order valence-electron chi connectivity index (χ3n) is 14.5. The molecule has 5 aliphatic heterocycles. The van der Waals surface area contributed by atoms with Gasteiger partial charge in [0.05, 0.1) is 54.2 Å². The Morgan fingerprint density at radius 1 is 0.688 bits per heavy atom. The summed E-state index contributed by atoms with van der Waals surface area (Å²) >= 11 is 0. The van der Waals surface area contributed by atoms with E-state index in [9.17, 15) is 79.2 Å². The van der Waals surface area contributed by atoms with E-state index in [4.69, 9.17) is 9.98 Å². The molecule has 8 unspecified atom stereocenters. The molecule has 0 aromatic heterocycles. The molecule has 348 valence electrons. The molecule has 2 saturated heterocycles. The molecule has 0 aromatic carbocycles. The molecule has 5 heterocycles. The lowest BCUT2D eigenvalue weighted by Crippen LogP contribution is -2.63. The van der Waals surface area contributed by atoms with Crippen molar-refractivity contribution >= 4 is 59.2 Å². The Morgan fingerprint density at radius 3 is 1.83 bits per heavy atom. The third-order valence-corrected chi connectivity index (χ3v) is 14.5. The van der Waals surface area contributed by atoms with Crippen LogP contribution in [0.3, 0.4) is 0 Å². The van der Waals surface area contributed by atoms with E-state index in [0.717, 1.165) is 0 Å². The third kappa shape index (κ3) is 9.17. The molecular formula is C44H56N4O16. The molecule has 0 spiro atoms. The molecular weight excluding hydrogens is 840 g/mol. The van der Waals surface area contributed by atoms with E-state index in [-0.39, 0.29) is 71.8 Å². The first kappa shape index (κ1) is 48.7. The number of aliphatic carboxylic acids is 8. The number of allylic oxidation sites excluding steroid dienone is 6. The van der Waals surface area contributed by atoms with Crippen molar-refractivity contribution in [2.24, 2.45) is 38.1 Å². The van der Waals surface area contributed by atoms with Gasteiger partial charge in [-0.15, -0.1) is 0 Å². The van der Waals surface area contributed by atoms with Crippen LogP contribution in [0.4, 0.5) is 0 Å². The van der Waals surface area contributed by atoms with Gasteiger partial charge in [0, 0.05) is 77.3 Å². The van der Waals surface area contributed by atoms with Gasteiger partial charge in [-0.1, -0.05) is 13.8 Å². The van der Waals surface area contributed by atoms with E-state index in [1.165, 1.54) is 12.2 Å². The minimum atomic E-state index is -1.55. The molecule has 5 rings (SSSR count). The molecule has 0 radical (unpaired) electrons. The molecule has 8 atom stereocenters. The minimum absolute atomic E-state index is 0.0946. The van der Waals surface area contributed by atoms with Crippen LogP contribution in [0.25, 0.3) is 0 Å². The van der Waals surface area contributed by atoms with E-state index in [1.807, 2.05) is 0 Å². The van der Waals surface area contributed by atoms with Crippen molar-refractivity contribution in [1.29, 1.82) is 0 Å². The number of fused-ring (bicyclic) bond motifs is 7. The van der Waals surface area contributed by atoms with Gasteiger partial charge in [-0.25, -0.2) is 0 Å². The van der Waals surface area contributed by atoms with Crippen molar-refractivity contribution in [3.8, 4) is 0 Å². The topological polar surface area (TPSA) is 347 Å². The van der Waals surface area contributed by atoms with Crippen LogP contribution in [0.1, 0.15) is 118 Å². The van der Waals surface area contributed by atoms with E-state index < -0.39 is 144 Å². The molecule has 0 saturated carbocycles. The second kappa shape index (κ2) is 17.7. The van der Waals surface area contributed by atoms with Crippen molar-refractivity contribution in [3.63, 3.8) is 0 Å². The summed E-state index contributed by atoms with van der Waals surface area (Å²) in [6.07, 6.45) is -2.20. The average molecular weight is 897 g/mol. The zero-order valence-corrected chi connectivity index (χ0v) is 36.3. The highest BCUT2D eigenvalue weighted by Crippen LogP contribution is 2.61. The summed E-state index contributed by atoms with van der Waals surface area (Å²) in [5.74, 6) is -12.0. The Labute approximate surface area is 367 Å². The lowest BCUT2D eigenvalue weighted by Gasteiger charge is -2.48. The molecule has 2 fully saturated rings. The van der Waals surface area contributed by atoms with Gasteiger partial charge < -0.3 is 51.5 Å². The molecule has 8 bridgehead atoms. The fourth-order valence-corrected chi connectivity index (χ4v) is 11.2. The molecule has 64 heavy (non-hydrogen) atoms. The Morgan fingerprint density at radius 2 is 1.28 bits per heavy atom. The second-order valence-corrected chi connectivity index (χ2v) is 18.7. The summed E-state index contributed by atoms with van der Waals surface area (Å²) in [6.45, 7) is 8.12. The van der Waals surface area contributed by atoms with Gasteiger partial charge in [0.1, 0.15) is 0 Å². The van der Waals surface area contributed by atoms with Crippen LogP contribution >= 0.6 is 0 Å². The number of nitrogens with zero attached hydrogens (tertiary/aromatic N) is 2. The van der Waals surface area contributed by atoms with Crippen LogP contribution < -0.4 is 10.6 Å². The Balaban J connectivity index is 1.98. The van der Waals surface area contributed by atoms with E-state index in [1.54, 1.807) is 34.6 Å². The fourth-order valence-electron chi connectivity index (χ4n) is 11.2. The maximum Gasteiger partial charge on any atom is 0.307 e. The van der Waals surface area contributed by atoms with Crippen molar-refractivity contribution in [2.45, 2.75) is 135 Å². The van der Waals surface area contributed by atoms with Gasteiger partial charge >= 0.3 is 47.8 Å². The maximum absolute atomic E-state index is 13.0. The second-order valence-electron chi connectivity index (χ2n) is 18.7. The smallest absolute Gasteiger partial charge is 0.307 e. The predicted molar refractivity (Wildman–Crippen MR) is 224 cm³/mol. The zero-order valence-electron chi connectivity index (χ0n) is 36.3. The van der Waals surface area contributed by atoms with Crippen molar-refractivity contribution < 1.29 is 79.2 Å². The van der Waals surface area contributed by atoms with Crippen LogP contribution in [0.15, 0.2) is 55.9 Å². The number of rotatable bonds is 20. The molecule has 20 nitrogen and oxygen atoms in total. The normalized spacial score (nSPS) is 33.3. The van der Waals surface area contributed by atoms with Gasteiger partial charge in [-0.2, -0.15) is 0 Å². The monoisotopic (exact) mass is 896 g/mol. The Bertz CT molecular complexity index is 2270. The molecule has 10 N–H and O–H groups in total. The fraction of sp³-hybridized carbons (Fsp3) is 0.591. The number of carboxylic acids is 8. The number of aliphatic imine (C=N–C) groups is 2. The van der Waals surface area contributed by atoms with E-state index >= 15 is 0 Å². The molecule has 0 amide bonds. The number of carbonyl (C=O) groups is 8. The Hall–Kier alpha value is -6.34. The predicted octanol–water partition coefficient (Wildman–Crippen LogP) is 4.32. The summed E-state index contributed by atoms with van der Waals surface area (Å²) in [6, 6.07) is -1.07. The van der Waals surface area contributed by atoms with Crippen LogP contribution in [-0.2, 0) is 38.4 Å². The number of nitrogens with one attached hydrogen (secondary N) is 2. The largest absolute Gasteiger partial charge is 0.481 e. The summed E-state index contributed by atoms with van der Waals surface area (Å²) in [5, 5.41) is 88.4. The zero-order chi connectivity index (χ0) is 47.9. The highest BCUT2D eigenvalue weighted by molar-refractivity contribution is 6.12. The van der Waals surface area contributed by atoms with Crippen molar-refractivity contribution in [2.75, 3.05) is 0 Å². The summed E-state index contributed by atoms with van der Waals surface area (Å²) in [7, 11) is 0. The molecule has 0 aliphatic carbocycles. The first-order chi connectivity index (χ1) is 29.6. The van der Waals surface area contributed by atoms with E-state index in [2.05, 4.69) is 10.6 Å². The SMILES string of the molecule is CC12CC3=C(CCC(=O)O)C(C)(CC(=O)O)C(=N3)/C=C3\NC(C)(C4N/C(=C\C(=N1)C(CCC(=O)O)=C2CC(=O)O)C(C)(CCC(=O)O)C4CC(=O)O)C(C)(CC(=O)O)C3CCC(=O)O. The van der Waals surface area contributed by atoms with Gasteiger partial charge in [0.2, 0.25) is 0 Å². The quantitative estimate of drug-likeness (QED) is 0.0813. The van der Waals surface area contributed by atoms with Crippen LogP contribution in [0.2, 0.25) is 0 Å². The lowest BCUT2D eigenvalue weighted by molar-refractivity contribution is -0.144. The number of hydrogen-bond acceptors (Lipinski definition) is 12. The Kier molecular flexibility index (Phi) is 13.4. The average Bonchev–Trinajstić information content (AvgIpc) is 3.72. The summed E-state index contributed by atoms with van der Waals surface area (Å²) < 4.78 is 0. The molecule has 5 aliphatic rings. The van der Waals surface area contributed by atoms with Gasteiger partial charge in [0.25, 0.3) is 0 Å². The summed E-state index contributed by atoms with van der Waals surface area (Å²) in [5.41, 5.74) is -5.83. The number of hydrogen-bond donors (Lipinski definition) is 10. The van der Waals surface area contributed by atoms with Crippen LogP contribution in [0, 0.1) is 28.1 Å². The summed E-state index contributed by atoms with van der Waals surface area (Å²) in [4.78, 5) is 110. The van der Waals surface area contributed by atoms with Crippen molar-refractivity contribution in [1.82, 2.24) is 10.6 Å². The first-order valence-corrected chi connectivity index (χ1v) is 21.0. The van der Waals surface area contributed by atoms with Crippen LogP contribution in [0.5, 0.6) is 0 Å². The maximum atomic E-state index is 13.0. The van der Waals surface area contributed by atoms with Crippen molar-refractivity contribution in [3.05, 3.63) is 46.0 Å². The van der Waals surface area contributed by atoms with Gasteiger partial charge in [-0.05, 0) is 75.3 Å². The molecule has 0 aromatic rings. The van der Waals surface area contributed by atoms with Crippen LogP contribution in [-0.4, -0.2) is 117 Å². The van der Waals surface area contributed by atoms with Gasteiger partial charge in [0.15, 0.2) is 0 Å². The minimum Gasteiger partial charge on any atom is -0.481 e. The highest BCUT2D eigenvalue weighted by atomic mass is 16.4. The van der Waals surface area contributed by atoms with E-state index in [0.29, 0.717) is 5.57 Å². The lowest BCUT2D eigenvalue weighted by atomic mass is 9.57. The standard InChI is InChI=1S/C44H56N4O16/c1-40(13-12-34(55)56)25(15-36(59)60)39-44(5)42(3,20-38(63)64)23(8-11-33(53)54)27(48-44)17-30-41(2,19-37(61)62)22(7-10-32(51)52)28(45-30)18-43(4)24(14-35(57)58)21(6-9-31(49)50)26(47-43)16-29(40)46-39/h16-17,23,25,39,46,48H,6-15,18-20H2,1-5H3,(H,49,50)(H,51,52)(H,53,54)(H,55,56)(H,57,58)(H,59,60)(H,61,62)(H,63,64)/b27-17-,29-16-. The highest BCUT2D eigenvalue weighted by Gasteiger charge is 2.66. The molecule has 20 heteroatoms. The van der Waals surface area contributed by atoms with Gasteiger partial charge in [-0.3, -0.25) is 48.3 Å².